The second-order valence-electron chi connectivity index (χ2n) is 4.53. The molecule has 2 rings (SSSR count). The molecule has 1 aromatic heterocycles. The highest BCUT2D eigenvalue weighted by atomic mass is 15.4. The first kappa shape index (κ1) is 12.6. The van der Waals surface area contributed by atoms with E-state index >= 15 is 0 Å². The van der Waals surface area contributed by atoms with Crippen LogP contribution in [0, 0.1) is 13.8 Å². The van der Waals surface area contributed by atoms with Gasteiger partial charge in [-0.05, 0) is 44.0 Å². The third-order valence-corrected chi connectivity index (χ3v) is 3.10. The fraction of sp³-hybridized carbons (Fsp3) is 0.267. The highest BCUT2D eigenvalue weighted by Crippen LogP contribution is 2.13. The Morgan fingerprint density at radius 2 is 1.83 bits per heavy atom. The lowest BCUT2D eigenvalue weighted by Gasteiger charge is -2.19. The molecular weight excluding hydrogens is 222 g/mol. The first-order chi connectivity index (χ1) is 8.66. The van der Waals surface area contributed by atoms with Gasteiger partial charge in [-0.1, -0.05) is 23.8 Å². The van der Waals surface area contributed by atoms with E-state index in [1.165, 1.54) is 11.1 Å². The highest BCUT2D eigenvalue weighted by Gasteiger charge is 2.03. The maximum absolute atomic E-state index is 6.06. The molecule has 0 fully saturated rings. The van der Waals surface area contributed by atoms with E-state index in [2.05, 4.69) is 30.1 Å². The van der Waals surface area contributed by atoms with E-state index in [0.717, 1.165) is 24.3 Å². The van der Waals surface area contributed by atoms with Gasteiger partial charge in [0.05, 0.1) is 5.69 Å². The molecule has 2 aromatic rings. The average molecular weight is 241 g/mol. The number of pyridine rings is 1. The molecule has 0 saturated heterocycles. The summed E-state index contributed by atoms with van der Waals surface area (Å²) in [5.41, 5.74) is 4.62. The molecule has 0 unspecified atom stereocenters. The van der Waals surface area contributed by atoms with E-state index in [-0.39, 0.29) is 0 Å². The van der Waals surface area contributed by atoms with Crippen LogP contribution in [0.3, 0.4) is 0 Å². The molecular formula is C15H19N3. The van der Waals surface area contributed by atoms with E-state index < -0.39 is 0 Å². The number of benzene rings is 1. The molecule has 94 valence electrons. The molecule has 0 spiro atoms. The molecule has 2 N–H and O–H groups in total. The Balaban J connectivity index is 1.98. The largest absolute Gasteiger partial charge is 0.311 e. The van der Waals surface area contributed by atoms with Gasteiger partial charge in [0.15, 0.2) is 0 Å². The van der Waals surface area contributed by atoms with E-state index in [0.29, 0.717) is 0 Å². The van der Waals surface area contributed by atoms with Crippen LogP contribution in [0.4, 0.5) is 5.69 Å². The molecule has 18 heavy (non-hydrogen) atoms. The smallest absolute Gasteiger partial charge is 0.0517 e. The monoisotopic (exact) mass is 241 g/mol. The molecule has 0 aliphatic heterocycles. The minimum atomic E-state index is 0.787. The Kier molecular flexibility index (Phi) is 3.95. The molecule has 0 radical (unpaired) electrons. The van der Waals surface area contributed by atoms with Crippen LogP contribution in [0.2, 0.25) is 0 Å². The van der Waals surface area contributed by atoms with Crippen LogP contribution in [0.1, 0.15) is 16.8 Å². The summed E-state index contributed by atoms with van der Waals surface area (Å²) in [6.07, 6.45) is 2.73. The van der Waals surface area contributed by atoms with Crippen molar-refractivity contribution in [2.24, 2.45) is 5.84 Å². The molecule has 3 heteroatoms. The maximum Gasteiger partial charge on any atom is 0.0517 e. The third-order valence-electron chi connectivity index (χ3n) is 3.10. The molecule has 1 aromatic carbocycles. The number of aryl methyl sites for hydroxylation is 2. The minimum absolute atomic E-state index is 0.787. The zero-order chi connectivity index (χ0) is 13.0. The van der Waals surface area contributed by atoms with Crippen molar-refractivity contribution in [2.45, 2.75) is 20.3 Å². The van der Waals surface area contributed by atoms with Crippen LogP contribution in [0.5, 0.6) is 0 Å². The lowest BCUT2D eigenvalue weighted by Crippen LogP contribution is -2.33. The normalized spacial score (nSPS) is 10.4. The summed E-state index contributed by atoms with van der Waals surface area (Å²) in [5.74, 6) is 6.06. The van der Waals surface area contributed by atoms with Gasteiger partial charge in [-0.15, -0.1) is 0 Å². The summed E-state index contributed by atoms with van der Waals surface area (Å²) in [6.45, 7) is 4.89. The van der Waals surface area contributed by atoms with Crippen LogP contribution < -0.4 is 10.9 Å². The molecule has 0 aliphatic carbocycles. The zero-order valence-electron chi connectivity index (χ0n) is 10.9. The Morgan fingerprint density at radius 3 is 2.50 bits per heavy atom. The van der Waals surface area contributed by atoms with Gasteiger partial charge < -0.3 is 5.01 Å². The van der Waals surface area contributed by atoms with Gasteiger partial charge in [0.1, 0.15) is 0 Å². The van der Waals surface area contributed by atoms with Gasteiger partial charge in [0.2, 0.25) is 0 Å². The quantitative estimate of drug-likeness (QED) is 0.661. The first-order valence-electron chi connectivity index (χ1n) is 6.16. The summed E-state index contributed by atoms with van der Waals surface area (Å²) in [7, 11) is 0. The Hall–Kier alpha value is -1.87. The first-order valence-corrected chi connectivity index (χ1v) is 6.16. The summed E-state index contributed by atoms with van der Waals surface area (Å²) in [4.78, 5) is 4.28. The number of anilines is 1. The number of nitrogens with zero attached hydrogens (tertiary/aromatic N) is 2. The number of hydrazine groups is 1. The summed E-state index contributed by atoms with van der Waals surface area (Å²) < 4.78 is 0. The van der Waals surface area contributed by atoms with Crippen LogP contribution in [0.25, 0.3) is 0 Å². The maximum atomic E-state index is 6.06. The van der Waals surface area contributed by atoms with Gasteiger partial charge in [-0.25, -0.2) is 5.84 Å². The lowest BCUT2D eigenvalue weighted by atomic mass is 10.1. The van der Waals surface area contributed by atoms with Gasteiger partial charge in [0.25, 0.3) is 0 Å². The van der Waals surface area contributed by atoms with Crippen molar-refractivity contribution in [1.82, 2.24) is 4.98 Å². The summed E-state index contributed by atoms with van der Waals surface area (Å²) in [5, 5.41) is 1.78. The van der Waals surface area contributed by atoms with Gasteiger partial charge >= 0.3 is 0 Å². The highest BCUT2D eigenvalue weighted by molar-refractivity contribution is 5.46. The van der Waals surface area contributed by atoms with Crippen molar-refractivity contribution in [2.75, 3.05) is 11.6 Å². The second-order valence-corrected chi connectivity index (χ2v) is 4.53. The minimum Gasteiger partial charge on any atom is -0.311 e. The van der Waals surface area contributed by atoms with Crippen LogP contribution in [-0.2, 0) is 6.42 Å². The number of rotatable bonds is 4. The molecule has 0 atom stereocenters. The van der Waals surface area contributed by atoms with Crippen molar-refractivity contribution < 1.29 is 0 Å². The molecule has 0 amide bonds. The van der Waals surface area contributed by atoms with Crippen molar-refractivity contribution >= 4 is 5.69 Å². The fourth-order valence-corrected chi connectivity index (χ4v) is 1.89. The van der Waals surface area contributed by atoms with E-state index in [1.807, 2.05) is 31.3 Å². The Morgan fingerprint density at radius 1 is 1.11 bits per heavy atom. The standard InChI is InChI=1S/C15H19N3/c1-12-5-7-15(8-6-12)18(16)11-9-14-4-3-10-17-13(14)2/h3-8,10H,9,11,16H2,1-2H3. The third kappa shape index (κ3) is 3.08. The van der Waals surface area contributed by atoms with Crippen molar-refractivity contribution in [3.8, 4) is 0 Å². The number of aromatic nitrogens is 1. The number of hydrogen-bond donors (Lipinski definition) is 1. The van der Waals surface area contributed by atoms with Gasteiger partial charge in [0, 0.05) is 18.4 Å². The molecule has 3 nitrogen and oxygen atoms in total. The van der Waals surface area contributed by atoms with E-state index in [1.54, 1.807) is 5.01 Å². The predicted octanol–water partition coefficient (Wildman–Crippen LogP) is 2.62. The van der Waals surface area contributed by atoms with E-state index in [9.17, 15) is 0 Å². The SMILES string of the molecule is Cc1ccc(N(N)CCc2cccnc2C)cc1. The molecule has 0 aliphatic rings. The summed E-state index contributed by atoms with van der Waals surface area (Å²) in [6, 6.07) is 12.3. The average Bonchev–Trinajstić information content (AvgIpc) is 2.38. The number of nitrogens with two attached hydrogens (primary N) is 1. The Labute approximate surface area is 108 Å². The van der Waals surface area contributed by atoms with Crippen LogP contribution >= 0.6 is 0 Å². The number of hydrogen-bond acceptors (Lipinski definition) is 3. The summed E-state index contributed by atoms with van der Waals surface area (Å²) >= 11 is 0. The second kappa shape index (κ2) is 5.65. The topological polar surface area (TPSA) is 42.1 Å². The van der Waals surface area contributed by atoms with Crippen molar-refractivity contribution in [1.29, 1.82) is 0 Å². The zero-order valence-corrected chi connectivity index (χ0v) is 10.9. The van der Waals surface area contributed by atoms with Gasteiger partial charge in [-0.2, -0.15) is 0 Å². The molecule has 0 bridgehead atoms. The van der Waals surface area contributed by atoms with Crippen molar-refractivity contribution in [3.63, 3.8) is 0 Å². The van der Waals surface area contributed by atoms with Crippen LogP contribution in [-0.4, -0.2) is 11.5 Å². The Bertz CT molecular complexity index is 505. The molecule has 0 saturated carbocycles. The van der Waals surface area contributed by atoms with E-state index in [4.69, 9.17) is 5.84 Å². The van der Waals surface area contributed by atoms with Gasteiger partial charge in [-0.3, -0.25) is 4.98 Å². The fourth-order valence-electron chi connectivity index (χ4n) is 1.89. The predicted molar refractivity (Wildman–Crippen MR) is 75.4 cm³/mol. The molecule has 1 heterocycles. The lowest BCUT2D eigenvalue weighted by molar-refractivity contribution is 0.816. The van der Waals surface area contributed by atoms with Crippen molar-refractivity contribution in [3.05, 3.63) is 59.4 Å². The van der Waals surface area contributed by atoms with Crippen LogP contribution in [0.15, 0.2) is 42.6 Å².